The molecule has 2 heterocycles. The molecule has 0 spiro atoms. The summed E-state index contributed by atoms with van der Waals surface area (Å²) in [6.45, 7) is 3.01. The summed E-state index contributed by atoms with van der Waals surface area (Å²) in [6.07, 6.45) is 2.22. The van der Waals surface area contributed by atoms with E-state index < -0.39 is 5.82 Å². The quantitative estimate of drug-likeness (QED) is 0.860. The number of carbonyl (C=O) groups excluding carboxylic acids is 1. The topological polar surface area (TPSA) is 61.5 Å². The molecule has 0 saturated carbocycles. The van der Waals surface area contributed by atoms with Gasteiger partial charge in [-0.25, -0.2) is 4.39 Å². The van der Waals surface area contributed by atoms with Crippen molar-refractivity contribution >= 4 is 5.91 Å². The van der Waals surface area contributed by atoms with Gasteiger partial charge in [-0.2, -0.15) is 5.10 Å². The lowest BCUT2D eigenvalue weighted by atomic mass is 9.96. The number of halogens is 1. The number of hydrogen-bond donors (Lipinski definition) is 1. The van der Waals surface area contributed by atoms with Crippen LogP contribution in [-0.4, -0.2) is 59.6 Å². The number of piperidine rings is 1. The first-order valence-corrected chi connectivity index (χ1v) is 8.88. The molecule has 26 heavy (non-hydrogen) atoms. The maximum absolute atomic E-state index is 13.6. The number of para-hydroxylation sites is 1. The molecule has 1 N–H and O–H groups in total. The van der Waals surface area contributed by atoms with E-state index in [1.165, 1.54) is 6.07 Å². The molecule has 0 atom stereocenters. The second kappa shape index (κ2) is 8.31. The molecule has 1 amide bonds. The zero-order valence-corrected chi connectivity index (χ0v) is 15.2. The molecule has 1 aromatic heterocycles. The van der Waals surface area contributed by atoms with Gasteiger partial charge in [-0.3, -0.25) is 9.89 Å². The van der Waals surface area contributed by atoms with Gasteiger partial charge >= 0.3 is 0 Å². The summed E-state index contributed by atoms with van der Waals surface area (Å²) in [5, 5.41) is 6.87. The van der Waals surface area contributed by atoms with Crippen LogP contribution in [0.1, 0.15) is 29.0 Å². The Labute approximate surface area is 152 Å². The smallest absolute Gasteiger partial charge is 0.274 e. The second-order valence-corrected chi connectivity index (χ2v) is 6.93. The Bertz CT molecular complexity index is 741. The molecule has 0 aliphatic carbocycles. The van der Waals surface area contributed by atoms with E-state index in [4.69, 9.17) is 4.74 Å². The number of benzene rings is 1. The third-order valence-electron chi connectivity index (χ3n) is 4.79. The number of nitrogens with zero attached hydrogens (tertiary/aromatic N) is 3. The Balaban J connectivity index is 1.53. The molecule has 1 aliphatic heterocycles. The molecular formula is C19H25FN4O2. The van der Waals surface area contributed by atoms with Gasteiger partial charge in [0.05, 0.1) is 5.69 Å². The van der Waals surface area contributed by atoms with Crippen LogP contribution in [0.4, 0.5) is 4.39 Å². The lowest BCUT2D eigenvalue weighted by Gasteiger charge is -2.31. The number of aromatic amines is 1. The lowest BCUT2D eigenvalue weighted by Crippen LogP contribution is -2.38. The molecule has 1 saturated heterocycles. The Morgan fingerprint density at radius 2 is 2.12 bits per heavy atom. The van der Waals surface area contributed by atoms with E-state index >= 15 is 0 Å². The molecule has 1 aromatic carbocycles. The zero-order valence-electron chi connectivity index (χ0n) is 15.2. The van der Waals surface area contributed by atoms with Gasteiger partial charge in [0, 0.05) is 13.6 Å². The van der Waals surface area contributed by atoms with Gasteiger partial charge in [0.2, 0.25) is 0 Å². The van der Waals surface area contributed by atoms with Crippen molar-refractivity contribution in [1.29, 1.82) is 0 Å². The van der Waals surface area contributed by atoms with E-state index in [1.807, 2.05) is 7.05 Å². The summed E-state index contributed by atoms with van der Waals surface area (Å²) < 4.78 is 19.0. The molecule has 2 aromatic rings. The predicted molar refractivity (Wildman–Crippen MR) is 96.5 cm³/mol. The largest absolute Gasteiger partial charge is 0.484 e. The van der Waals surface area contributed by atoms with Crippen molar-refractivity contribution in [2.24, 2.45) is 5.92 Å². The summed E-state index contributed by atoms with van der Waals surface area (Å²) in [5.41, 5.74) is 0.983. The van der Waals surface area contributed by atoms with Crippen molar-refractivity contribution < 1.29 is 13.9 Å². The van der Waals surface area contributed by atoms with Crippen LogP contribution in [0.5, 0.6) is 5.75 Å². The minimum atomic E-state index is -0.416. The normalized spacial score (nSPS) is 15.8. The van der Waals surface area contributed by atoms with Crippen LogP contribution < -0.4 is 4.74 Å². The van der Waals surface area contributed by atoms with Gasteiger partial charge < -0.3 is 14.5 Å². The molecule has 0 radical (unpaired) electrons. The Hall–Kier alpha value is -2.41. The molecular weight excluding hydrogens is 335 g/mol. The molecule has 140 valence electrons. The highest BCUT2D eigenvalue weighted by molar-refractivity contribution is 5.92. The van der Waals surface area contributed by atoms with Gasteiger partial charge in [0.25, 0.3) is 5.91 Å². The molecule has 0 unspecified atom stereocenters. The zero-order chi connectivity index (χ0) is 18.5. The number of carbonyl (C=O) groups is 1. The third kappa shape index (κ3) is 4.60. The predicted octanol–water partition coefficient (Wildman–Crippen LogP) is 2.54. The molecule has 1 fully saturated rings. The van der Waals surface area contributed by atoms with Gasteiger partial charge in [-0.1, -0.05) is 12.1 Å². The summed E-state index contributed by atoms with van der Waals surface area (Å²) in [6, 6.07) is 7.88. The highest BCUT2D eigenvalue weighted by Crippen LogP contribution is 2.19. The fourth-order valence-corrected chi connectivity index (χ4v) is 3.17. The average Bonchev–Trinajstić information content (AvgIpc) is 3.11. The van der Waals surface area contributed by atoms with Crippen LogP contribution in [-0.2, 0) is 6.61 Å². The summed E-state index contributed by atoms with van der Waals surface area (Å²) in [4.78, 5) is 16.6. The van der Waals surface area contributed by atoms with Crippen LogP contribution in [0.3, 0.4) is 0 Å². The van der Waals surface area contributed by atoms with Crippen LogP contribution >= 0.6 is 0 Å². The standard InChI is InChI=1S/C19H25FN4O2/c1-23-9-7-14(8-10-23)12-24(2)19(25)17-11-15(21-22-17)13-26-18-6-4-3-5-16(18)20/h3-6,11,14H,7-10,12-13H2,1-2H3,(H,21,22). The van der Waals surface area contributed by atoms with Gasteiger partial charge in [0.1, 0.15) is 6.61 Å². The fraction of sp³-hybridized carbons (Fsp3) is 0.474. The maximum Gasteiger partial charge on any atom is 0.274 e. The average molecular weight is 360 g/mol. The maximum atomic E-state index is 13.6. The molecule has 1 aliphatic rings. The van der Waals surface area contributed by atoms with Gasteiger partial charge in [-0.15, -0.1) is 0 Å². The van der Waals surface area contributed by atoms with Crippen LogP contribution in [0.2, 0.25) is 0 Å². The summed E-state index contributed by atoms with van der Waals surface area (Å²) in [7, 11) is 3.94. The van der Waals surface area contributed by atoms with Crippen molar-refractivity contribution in [2.75, 3.05) is 33.7 Å². The fourth-order valence-electron chi connectivity index (χ4n) is 3.17. The van der Waals surface area contributed by atoms with Crippen molar-refractivity contribution in [3.8, 4) is 5.75 Å². The van der Waals surface area contributed by atoms with Crippen LogP contribution in [0.25, 0.3) is 0 Å². The summed E-state index contributed by atoms with van der Waals surface area (Å²) >= 11 is 0. The Kier molecular flexibility index (Phi) is 5.88. The summed E-state index contributed by atoms with van der Waals surface area (Å²) in [5.74, 6) is 0.177. The second-order valence-electron chi connectivity index (χ2n) is 6.93. The number of hydrogen-bond acceptors (Lipinski definition) is 4. The van der Waals surface area contributed by atoms with Crippen LogP contribution in [0, 0.1) is 11.7 Å². The van der Waals surface area contributed by atoms with E-state index in [2.05, 4.69) is 22.1 Å². The first kappa shape index (κ1) is 18.4. The number of aromatic nitrogens is 2. The van der Waals surface area contributed by atoms with Gasteiger partial charge in [0.15, 0.2) is 17.3 Å². The van der Waals surface area contributed by atoms with E-state index in [1.54, 1.807) is 29.2 Å². The van der Waals surface area contributed by atoms with Crippen molar-refractivity contribution in [1.82, 2.24) is 20.0 Å². The van der Waals surface area contributed by atoms with Crippen molar-refractivity contribution in [3.05, 3.63) is 47.5 Å². The van der Waals surface area contributed by atoms with Crippen LogP contribution in [0.15, 0.2) is 30.3 Å². The van der Waals surface area contributed by atoms with E-state index in [0.717, 1.165) is 32.5 Å². The number of nitrogens with one attached hydrogen (secondary N) is 1. The minimum absolute atomic E-state index is 0.114. The van der Waals surface area contributed by atoms with Gasteiger partial charge in [-0.05, 0) is 57.1 Å². The third-order valence-corrected chi connectivity index (χ3v) is 4.79. The van der Waals surface area contributed by atoms with E-state index in [0.29, 0.717) is 17.3 Å². The Morgan fingerprint density at radius 3 is 2.85 bits per heavy atom. The first-order chi connectivity index (χ1) is 12.5. The molecule has 3 rings (SSSR count). The monoisotopic (exact) mass is 360 g/mol. The molecule has 6 nitrogen and oxygen atoms in total. The molecule has 7 heteroatoms. The van der Waals surface area contributed by atoms with E-state index in [-0.39, 0.29) is 18.3 Å². The Morgan fingerprint density at radius 1 is 1.38 bits per heavy atom. The lowest BCUT2D eigenvalue weighted by molar-refractivity contribution is 0.0741. The van der Waals surface area contributed by atoms with E-state index in [9.17, 15) is 9.18 Å². The van der Waals surface area contributed by atoms with Crippen molar-refractivity contribution in [3.63, 3.8) is 0 Å². The highest BCUT2D eigenvalue weighted by atomic mass is 19.1. The number of ether oxygens (including phenoxy) is 1. The number of rotatable bonds is 6. The molecule has 0 bridgehead atoms. The number of likely N-dealkylation sites (tertiary alicyclic amines) is 1. The number of amides is 1. The minimum Gasteiger partial charge on any atom is -0.484 e. The first-order valence-electron chi connectivity index (χ1n) is 8.88. The SMILES string of the molecule is CN1CCC(CN(C)C(=O)c2cc(COc3ccccc3F)[nH]n2)CC1. The van der Waals surface area contributed by atoms with Crippen molar-refractivity contribution in [2.45, 2.75) is 19.4 Å². The number of H-pyrrole nitrogens is 1. The highest BCUT2D eigenvalue weighted by Gasteiger charge is 2.22.